The molecule has 6 heteroatoms. The van der Waals surface area contributed by atoms with Crippen LogP contribution in [0, 0.1) is 5.41 Å². The number of rotatable bonds is 2. The van der Waals surface area contributed by atoms with E-state index in [2.05, 4.69) is 19.2 Å². The Balaban J connectivity index is 2.24. The fraction of sp³-hybridized carbons (Fsp3) is 0.400. The van der Waals surface area contributed by atoms with Crippen molar-refractivity contribution in [1.82, 2.24) is 5.32 Å². The van der Waals surface area contributed by atoms with Gasteiger partial charge in [-0.15, -0.1) is 0 Å². The minimum absolute atomic E-state index is 0.0219. The number of halogens is 2. The van der Waals surface area contributed by atoms with Crippen LogP contribution in [0.5, 0.6) is 0 Å². The topological polar surface area (TPSA) is 55.4 Å². The van der Waals surface area contributed by atoms with Crippen molar-refractivity contribution in [3.05, 3.63) is 56.3 Å². The predicted molar refractivity (Wildman–Crippen MR) is 102 cm³/mol. The number of hydrogen-bond acceptors (Lipinski definition) is 4. The maximum absolute atomic E-state index is 13.0. The lowest BCUT2D eigenvalue weighted by Crippen LogP contribution is -2.38. The van der Waals surface area contributed by atoms with Gasteiger partial charge in [0.2, 0.25) is 0 Å². The lowest BCUT2D eigenvalue weighted by atomic mass is 9.68. The molecule has 0 aromatic heterocycles. The van der Waals surface area contributed by atoms with Gasteiger partial charge in [-0.25, -0.2) is 4.79 Å². The van der Waals surface area contributed by atoms with Crippen molar-refractivity contribution in [2.75, 3.05) is 7.11 Å². The largest absolute Gasteiger partial charge is 0.466 e. The molecule has 0 bridgehead atoms. The van der Waals surface area contributed by atoms with Gasteiger partial charge < -0.3 is 10.1 Å². The Hall–Kier alpha value is -1.78. The van der Waals surface area contributed by atoms with Crippen LogP contribution in [0.3, 0.4) is 0 Å². The molecule has 26 heavy (non-hydrogen) atoms. The summed E-state index contributed by atoms with van der Waals surface area (Å²) in [5.74, 6) is -1.02. The molecule has 3 rings (SSSR count). The van der Waals surface area contributed by atoms with Gasteiger partial charge in [-0.05, 0) is 36.5 Å². The predicted octanol–water partition coefficient (Wildman–Crippen LogP) is 4.77. The molecule has 0 radical (unpaired) electrons. The molecule has 0 unspecified atom stereocenters. The highest BCUT2D eigenvalue weighted by atomic mass is 35.5. The number of ether oxygens (including phenoxy) is 1. The van der Waals surface area contributed by atoms with Gasteiger partial charge in [-0.3, -0.25) is 4.79 Å². The van der Waals surface area contributed by atoms with Gasteiger partial charge in [0.15, 0.2) is 5.78 Å². The number of hydrogen-bond donors (Lipinski definition) is 1. The van der Waals surface area contributed by atoms with Crippen molar-refractivity contribution < 1.29 is 14.3 Å². The first-order valence-electron chi connectivity index (χ1n) is 8.42. The van der Waals surface area contributed by atoms with E-state index < -0.39 is 11.9 Å². The van der Waals surface area contributed by atoms with E-state index >= 15 is 0 Å². The van der Waals surface area contributed by atoms with Crippen LogP contribution in [0.1, 0.15) is 45.1 Å². The third kappa shape index (κ3) is 3.28. The average molecular weight is 394 g/mol. The van der Waals surface area contributed by atoms with Gasteiger partial charge >= 0.3 is 5.97 Å². The smallest absolute Gasteiger partial charge is 0.336 e. The van der Waals surface area contributed by atoms with Gasteiger partial charge in [0.1, 0.15) is 0 Å². The maximum atomic E-state index is 13.0. The molecule has 0 saturated carbocycles. The Labute approximate surface area is 163 Å². The van der Waals surface area contributed by atoms with Crippen molar-refractivity contribution in [1.29, 1.82) is 0 Å². The van der Waals surface area contributed by atoms with Crippen LogP contribution in [0.2, 0.25) is 10.0 Å². The molecule has 1 heterocycles. The summed E-state index contributed by atoms with van der Waals surface area (Å²) in [4.78, 5) is 25.6. The van der Waals surface area contributed by atoms with Crippen molar-refractivity contribution in [2.24, 2.45) is 5.41 Å². The van der Waals surface area contributed by atoms with E-state index in [-0.39, 0.29) is 11.2 Å². The highest BCUT2D eigenvalue weighted by Crippen LogP contribution is 2.48. The molecular formula is C20H21Cl2NO3. The SMILES string of the molecule is COC(=O)C1=C(C)NC2=C(C(=O)CC(C)(C)C2)[C@@H]1c1ccc(Cl)cc1Cl. The second-order valence-corrected chi connectivity index (χ2v) is 8.43. The fourth-order valence-electron chi connectivity index (χ4n) is 3.86. The molecule has 1 aromatic rings. The quantitative estimate of drug-likeness (QED) is 0.735. The first kappa shape index (κ1) is 19.0. The van der Waals surface area contributed by atoms with E-state index in [1.54, 1.807) is 18.2 Å². The van der Waals surface area contributed by atoms with Gasteiger partial charge in [-0.1, -0.05) is 43.1 Å². The van der Waals surface area contributed by atoms with Gasteiger partial charge in [0.25, 0.3) is 0 Å². The molecule has 0 fully saturated rings. The van der Waals surface area contributed by atoms with E-state index in [0.717, 1.165) is 12.1 Å². The zero-order chi connectivity index (χ0) is 19.2. The second kappa shape index (κ2) is 6.75. The van der Waals surface area contributed by atoms with Crippen LogP contribution in [0.15, 0.2) is 40.7 Å². The second-order valence-electron chi connectivity index (χ2n) is 7.59. The third-order valence-corrected chi connectivity index (χ3v) is 5.48. The summed E-state index contributed by atoms with van der Waals surface area (Å²) in [6, 6.07) is 5.11. The summed E-state index contributed by atoms with van der Waals surface area (Å²) in [5, 5.41) is 4.19. The number of nitrogens with one attached hydrogen (secondary N) is 1. The Morgan fingerprint density at radius 1 is 1.27 bits per heavy atom. The number of Topliss-reactive ketones (excluding diaryl/α,β-unsaturated/α-hetero) is 1. The maximum Gasteiger partial charge on any atom is 0.336 e. The number of carbonyl (C=O) groups is 2. The monoisotopic (exact) mass is 393 g/mol. The minimum Gasteiger partial charge on any atom is -0.466 e. The van der Waals surface area contributed by atoms with Crippen molar-refractivity contribution in [3.63, 3.8) is 0 Å². The molecule has 2 aliphatic rings. The van der Waals surface area contributed by atoms with Crippen LogP contribution < -0.4 is 5.32 Å². The Bertz CT molecular complexity index is 868. The molecular weight excluding hydrogens is 373 g/mol. The molecule has 0 saturated heterocycles. The standard InChI is InChI=1S/C20H21Cl2NO3/c1-10-16(19(25)26-4)17(12-6-5-11(21)7-13(12)22)18-14(23-10)8-20(2,3)9-15(18)24/h5-7,17,23H,8-9H2,1-4H3/t17-/m1/s1. The van der Waals surface area contributed by atoms with Gasteiger partial charge in [0.05, 0.1) is 12.7 Å². The van der Waals surface area contributed by atoms with E-state index in [9.17, 15) is 9.59 Å². The molecule has 0 amide bonds. The van der Waals surface area contributed by atoms with E-state index in [1.807, 2.05) is 6.92 Å². The first-order chi connectivity index (χ1) is 12.1. The molecule has 1 atom stereocenters. The number of carbonyl (C=O) groups excluding carboxylic acids is 2. The fourth-order valence-corrected chi connectivity index (χ4v) is 4.38. The summed E-state index contributed by atoms with van der Waals surface area (Å²) in [6.07, 6.45) is 1.14. The summed E-state index contributed by atoms with van der Waals surface area (Å²) in [5.41, 5.74) is 3.07. The van der Waals surface area contributed by atoms with Crippen LogP contribution >= 0.6 is 23.2 Å². The molecule has 0 spiro atoms. The number of methoxy groups -OCH3 is 1. The normalized spacial score (nSPS) is 22.1. The minimum atomic E-state index is -0.563. The summed E-state index contributed by atoms with van der Waals surface area (Å²) in [7, 11) is 1.33. The highest BCUT2D eigenvalue weighted by molar-refractivity contribution is 6.35. The van der Waals surface area contributed by atoms with Gasteiger partial charge in [-0.2, -0.15) is 0 Å². The number of ketones is 1. The van der Waals surface area contributed by atoms with Crippen LogP contribution in [0.25, 0.3) is 0 Å². The zero-order valence-corrected chi connectivity index (χ0v) is 16.7. The Kier molecular flexibility index (Phi) is 4.93. The van der Waals surface area contributed by atoms with E-state index in [1.165, 1.54) is 7.11 Å². The third-order valence-electron chi connectivity index (χ3n) is 4.92. The van der Waals surface area contributed by atoms with Crippen molar-refractivity contribution in [2.45, 2.75) is 39.5 Å². The molecule has 1 aliphatic heterocycles. The average Bonchev–Trinajstić information content (AvgIpc) is 2.51. The summed E-state index contributed by atoms with van der Waals surface area (Å²) >= 11 is 12.5. The van der Waals surface area contributed by atoms with Crippen LogP contribution in [-0.4, -0.2) is 18.9 Å². The van der Waals surface area contributed by atoms with Crippen molar-refractivity contribution in [3.8, 4) is 0 Å². The number of allylic oxidation sites excluding steroid dienone is 3. The Morgan fingerprint density at radius 2 is 1.96 bits per heavy atom. The summed E-state index contributed by atoms with van der Waals surface area (Å²) in [6.45, 7) is 5.95. The molecule has 4 nitrogen and oxygen atoms in total. The molecule has 1 aromatic carbocycles. The number of dihydropyridines is 1. The Morgan fingerprint density at radius 3 is 2.58 bits per heavy atom. The molecule has 1 N–H and O–H groups in total. The molecule has 1 aliphatic carbocycles. The van der Waals surface area contributed by atoms with E-state index in [4.69, 9.17) is 27.9 Å². The number of benzene rings is 1. The van der Waals surface area contributed by atoms with E-state index in [0.29, 0.717) is 38.9 Å². The lowest BCUT2D eigenvalue weighted by molar-refractivity contribution is -0.136. The number of esters is 1. The lowest BCUT2D eigenvalue weighted by Gasteiger charge is -2.39. The highest BCUT2D eigenvalue weighted by Gasteiger charge is 2.43. The summed E-state index contributed by atoms with van der Waals surface area (Å²) < 4.78 is 4.99. The molecule has 138 valence electrons. The van der Waals surface area contributed by atoms with Crippen LogP contribution in [-0.2, 0) is 14.3 Å². The first-order valence-corrected chi connectivity index (χ1v) is 9.17. The van der Waals surface area contributed by atoms with Crippen molar-refractivity contribution >= 4 is 35.0 Å². The van der Waals surface area contributed by atoms with Crippen LogP contribution in [0.4, 0.5) is 0 Å². The zero-order valence-electron chi connectivity index (χ0n) is 15.2. The van der Waals surface area contributed by atoms with Gasteiger partial charge in [0, 0.05) is 39.4 Å².